The number of ketones is 1. The Morgan fingerprint density at radius 1 is 1.22 bits per heavy atom. The van der Waals surface area contributed by atoms with Crippen LogP contribution in [0.4, 0.5) is 0 Å². The molecule has 1 fully saturated rings. The molecule has 0 saturated heterocycles. The van der Waals surface area contributed by atoms with Gasteiger partial charge in [-0.25, -0.2) is 0 Å². The molecule has 0 aliphatic heterocycles. The number of carbonyl (C=O) groups excluding carboxylic acids is 1. The molecular weight excluding hydrogens is 228 g/mol. The Morgan fingerprint density at radius 3 is 2.61 bits per heavy atom. The van der Waals surface area contributed by atoms with Gasteiger partial charge in [0.2, 0.25) is 0 Å². The Balaban J connectivity index is 1.83. The first-order chi connectivity index (χ1) is 8.66. The van der Waals surface area contributed by atoms with Crippen molar-refractivity contribution < 1.29 is 14.7 Å². The van der Waals surface area contributed by atoms with Gasteiger partial charge in [-0.1, -0.05) is 30.3 Å². The van der Waals surface area contributed by atoms with E-state index in [-0.39, 0.29) is 18.1 Å². The lowest BCUT2D eigenvalue weighted by atomic mass is 9.90. The average Bonchev–Trinajstić information content (AvgIpc) is 2.72. The number of carboxylic acid groups (broad SMARTS) is 1. The molecular formula is C15H18O3. The highest BCUT2D eigenvalue weighted by Crippen LogP contribution is 2.33. The summed E-state index contributed by atoms with van der Waals surface area (Å²) >= 11 is 0. The van der Waals surface area contributed by atoms with Gasteiger partial charge < -0.3 is 5.11 Å². The largest absolute Gasteiger partial charge is 0.481 e. The summed E-state index contributed by atoms with van der Waals surface area (Å²) in [5.74, 6) is -1.12. The third-order valence-corrected chi connectivity index (χ3v) is 3.71. The molecule has 0 aromatic heterocycles. The topological polar surface area (TPSA) is 54.4 Å². The van der Waals surface area contributed by atoms with Crippen molar-refractivity contribution in [3.05, 3.63) is 35.9 Å². The maximum atomic E-state index is 11.3. The number of hydrogen-bond acceptors (Lipinski definition) is 2. The highest BCUT2D eigenvalue weighted by molar-refractivity contribution is 5.87. The van der Waals surface area contributed by atoms with Crippen LogP contribution in [0.1, 0.15) is 31.2 Å². The Bertz CT molecular complexity index is 425. The molecule has 0 amide bonds. The maximum absolute atomic E-state index is 11.3. The quantitative estimate of drug-likeness (QED) is 0.869. The second-order valence-corrected chi connectivity index (χ2v) is 5.03. The molecule has 1 aliphatic rings. The average molecular weight is 246 g/mol. The molecule has 1 aromatic carbocycles. The highest BCUT2D eigenvalue weighted by Gasteiger charge is 2.37. The minimum atomic E-state index is -0.814. The van der Waals surface area contributed by atoms with Crippen LogP contribution in [-0.4, -0.2) is 16.9 Å². The van der Waals surface area contributed by atoms with Crippen molar-refractivity contribution in [1.82, 2.24) is 0 Å². The van der Waals surface area contributed by atoms with Crippen LogP contribution in [0.3, 0.4) is 0 Å². The molecule has 2 atom stereocenters. The molecule has 1 aromatic rings. The van der Waals surface area contributed by atoms with Gasteiger partial charge in [-0.05, 0) is 30.7 Å². The summed E-state index contributed by atoms with van der Waals surface area (Å²) in [7, 11) is 0. The molecule has 0 heterocycles. The Labute approximate surface area is 107 Å². The highest BCUT2D eigenvalue weighted by atomic mass is 16.4. The normalized spacial score (nSPS) is 23.2. The Morgan fingerprint density at radius 2 is 1.94 bits per heavy atom. The van der Waals surface area contributed by atoms with Crippen LogP contribution in [0.25, 0.3) is 0 Å². The number of carbonyl (C=O) groups is 2. The number of carboxylic acids is 1. The lowest BCUT2D eigenvalue weighted by Gasteiger charge is -2.14. The van der Waals surface area contributed by atoms with Gasteiger partial charge in [0.1, 0.15) is 5.78 Å². The van der Waals surface area contributed by atoms with Gasteiger partial charge >= 0.3 is 5.97 Å². The number of rotatable bonds is 5. The van der Waals surface area contributed by atoms with Crippen molar-refractivity contribution in [1.29, 1.82) is 0 Å². The van der Waals surface area contributed by atoms with Crippen molar-refractivity contribution in [2.24, 2.45) is 11.8 Å². The predicted molar refractivity (Wildman–Crippen MR) is 68.2 cm³/mol. The van der Waals surface area contributed by atoms with Crippen LogP contribution >= 0.6 is 0 Å². The Kier molecular flexibility index (Phi) is 4.13. The van der Waals surface area contributed by atoms with E-state index in [0.29, 0.717) is 6.42 Å². The minimum absolute atomic E-state index is 0.0405. The van der Waals surface area contributed by atoms with E-state index in [1.165, 1.54) is 5.56 Å². The first-order valence-electron chi connectivity index (χ1n) is 6.45. The summed E-state index contributed by atoms with van der Waals surface area (Å²) in [5.41, 5.74) is 1.27. The number of benzene rings is 1. The van der Waals surface area contributed by atoms with Crippen LogP contribution in [0.2, 0.25) is 0 Å². The third-order valence-electron chi connectivity index (χ3n) is 3.71. The van der Waals surface area contributed by atoms with E-state index in [9.17, 15) is 9.59 Å². The second kappa shape index (κ2) is 5.80. The molecule has 18 heavy (non-hydrogen) atoms. The summed E-state index contributed by atoms with van der Waals surface area (Å²) in [4.78, 5) is 22.4. The van der Waals surface area contributed by atoms with Gasteiger partial charge in [-0.15, -0.1) is 0 Å². The third kappa shape index (κ3) is 3.19. The molecule has 1 N–H and O–H groups in total. The second-order valence-electron chi connectivity index (χ2n) is 5.03. The van der Waals surface area contributed by atoms with E-state index in [1.54, 1.807) is 0 Å². The molecule has 0 spiro atoms. The van der Waals surface area contributed by atoms with Crippen LogP contribution < -0.4 is 0 Å². The summed E-state index contributed by atoms with van der Waals surface area (Å²) in [5, 5.41) is 9.07. The van der Waals surface area contributed by atoms with E-state index in [1.807, 2.05) is 18.2 Å². The lowest BCUT2D eigenvalue weighted by Crippen LogP contribution is -2.18. The van der Waals surface area contributed by atoms with Crippen molar-refractivity contribution in [2.45, 2.75) is 32.1 Å². The lowest BCUT2D eigenvalue weighted by molar-refractivity contribution is -0.143. The van der Waals surface area contributed by atoms with E-state index >= 15 is 0 Å². The zero-order valence-electron chi connectivity index (χ0n) is 10.3. The maximum Gasteiger partial charge on any atom is 0.307 e. The van der Waals surface area contributed by atoms with Crippen LogP contribution in [0.5, 0.6) is 0 Å². The fourth-order valence-electron chi connectivity index (χ4n) is 2.74. The zero-order chi connectivity index (χ0) is 13.0. The van der Waals surface area contributed by atoms with Crippen LogP contribution in [0, 0.1) is 11.8 Å². The minimum Gasteiger partial charge on any atom is -0.481 e. The summed E-state index contributed by atoms with van der Waals surface area (Å²) in [6, 6.07) is 10.2. The molecule has 1 aliphatic carbocycles. The van der Waals surface area contributed by atoms with Crippen molar-refractivity contribution in [3.8, 4) is 0 Å². The van der Waals surface area contributed by atoms with Gasteiger partial charge in [-0.2, -0.15) is 0 Å². The number of aliphatic carboxylic acids is 1. The molecule has 2 rings (SSSR count). The van der Waals surface area contributed by atoms with E-state index in [2.05, 4.69) is 12.1 Å². The fraction of sp³-hybridized carbons (Fsp3) is 0.467. The number of aryl methyl sites for hydroxylation is 1. The smallest absolute Gasteiger partial charge is 0.307 e. The molecule has 0 unspecified atom stereocenters. The SMILES string of the molecule is O=C1C[C@@H](CCCc2ccccc2)[C@@H](C(=O)O)C1. The van der Waals surface area contributed by atoms with Crippen LogP contribution in [-0.2, 0) is 16.0 Å². The van der Waals surface area contributed by atoms with Crippen molar-refractivity contribution in [2.75, 3.05) is 0 Å². The van der Waals surface area contributed by atoms with Crippen molar-refractivity contribution in [3.63, 3.8) is 0 Å². The number of Topliss-reactive ketones (excluding diaryl/α,β-unsaturated/α-hetero) is 1. The summed E-state index contributed by atoms with van der Waals surface area (Å²) in [6.45, 7) is 0. The molecule has 1 saturated carbocycles. The van der Waals surface area contributed by atoms with Crippen LogP contribution in [0.15, 0.2) is 30.3 Å². The van der Waals surface area contributed by atoms with E-state index in [4.69, 9.17) is 5.11 Å². The van der Waals surface area contributed by atoms with Gasteiger partial charge in [0, 0.05) is 12.8 Å². The van der Waals surface area contributed by atoms with Crippen molar-refractivity contribution >= 4 is 11.8 Å². The zero-order valence-corrected chi connectivity index (χ0v) is 10.3. The first kappa shape index (κ1) is 12.8. The molecule has 3 nitrogen and oxygen atoms in total. The van der Waals surface area contributed by atoms with Gasteiger partial charge in [-0.3, -0.25) is 9.59 Å². The van der Waals surface area contributed by atoms with Gasteiger partial charge in [0.15, 0.2) is 0 Å². The summed E-state index contributed by atoms with van der Waals surface area (Å²) < 4.78 is 0. The Hall–Kier alpha value is -1.64. The molecule has 3 heteroatoms. The molecule has 0 bridgehead atoms. The molecule has 96 valence electrons. The number of hydrogen-bond donors (Lipinski definition) is 1. The summed E-state index contributed by atoms with van der Waals surface area (Å²) in [6.07, 6.45) is 3.41. The standard InChI is InChI=1S/C15H18O3/c16-13-9-12(14(10-13)15(17)18)8-4-7-11-5-2-1-3-6-11/h1-3,5-6,12,14H,4,7-10H2,(H,17,18)/t12-,14+/m1/s1. The molecule has 0 radical (unpaired) electrons. The van der Waals surface area contributed by atoms with E-state index < -0.39 is 11.9 Å². The monoisotopic (exact) mass is 246 g/mol. The predicted octanol–water partition coefficient (Wildman–Crippen LogP) is 2.69. The fourth-order valence-corrected chi connectivity index (χ4v) is 2.74. The van der Waals surface area contributed by atoms with Gasteiger partial charge in [0.05, 0.1) is 5.92 Å². The van der Waals surface area contributed by atoms with Gasteiger partial charge in [0.25, 0.3) is 0 Å². The van der Waals surface area contributed by atoms with E-state index in [0.717, 1.165) is 19.3 Å². The first-order valence-corrected chi connectivity index (χ1v) is 6.45.